The van der Waals surface area contributed by atoms with Gasteiger partial charge in [-0.2, -0.15) is 0 Å². The van der Waals surface area contributed by atoms with Crippen molar-refractivity contribution >= 4 is 5.91 Å². The molecule has 140 valence electrons. The number of aromatic nitrogens is 2. The minimum atomic E-state index is 0.111. The zero-order valence-corrected chi connectivity index (χ0v) is 15.5. The first kappa shape index (κ1) is 18.5. The third-order valence-electron chi connectivity index (χ3n) is 4.76. The van der Waals surface area contributed by atoms with E-state index in [-0.39, 0.29) is 5.91 Å². The van der Waals surface area contributed by atoms with E-state index in [1.807, 2.05) is 41.7 Å². The van der Waals surface area contributed by atoms with Crippen LogP contribution in [0.2, 0.25) is 0 Å². The van der Waals surface area contributed by atoms with Gasteiger partial charge in [-0.25, -0.2) is 4.98 Å². The molecule has 6 nitrogen and oxygen atoms in total. The van der Waals surface area contributed by atoms with Crippen LogP contribution in [0, 0.1) is 0 Å². The van der Waals surface area contributed by atoms with Gasteiger partial charge in [-0.05, 0) is 30.7 Å². The number of benzene rings is 1. The molecular weight excluding hydrogens is 328 g/mol. The number of rotatable bonds is 8. The molecule has 1 amide bonds. The van der Waals surface area contributed by atoms with Crippen molar-refractivity contribution in [1.29, 1.82) is 0 Å². The standard InChI is InChI=1S/C20H28N4O2/c1-2-3-16-26-19-6-4-18(5-7-19)20(25)24-14-12-22(13-15-24)10-11-23-9-8-21-17-23/h4-9,17H,2-3,10-16H2,1H3. The Morgan fingerprint density at radius 1 is 1.12 bits per heavy atom. The van der Waals surface area contributed by atoms with Gasteiger partial charge < -0.3 is 14.2 Å². The summed E-state index contributed by atoms with van der Waals surface area (Å²) in [5, 5.41) is 0. The second-order valence-corrected chi connectivity index (χ2v) is 6.66. The average Bonchev–Trinajstić information content (AvgIpc) is 3.21. The number of piperazine rings is 1. The molecule has 0 spiro atoms. The second kappa shape index (κ2) is 9.38. The molecule has 1 aliphatic heterocycles. The van der Waals surface area contributed by atoms with Crippen molar-refractivity contribution in [1.82, 2.24) is 19.4 Å². The third kappa shape index (κ3) is 5.08. The van der Waals surface area contributed by atoms with Crippen LogP contribution in [0.25, 0.3) is 0 Å². The summed E-state index contributed by atoms with van der Waals surface area (Å²) in [7, 11) is 0. The average molecular weight is 356 g/mol. The maximum atomic E-state index is 12.7. The Morgan fingerprint density at radius 3 is 2.54 bits per heavy atom. The van der Waals surface area contributed by atoms with Crippen LogP contribution < -0.4 is 4.74 Å². The lowest BCUT2D eigenvalue weighted by Gasteiger charge is -2.34. The second-order valence-electron chi connectivity index (χ2n) is 6.66. The summed E-state index contributed by atoms with van der Waals surface area (Å²) >= 11 is 0. The zero-order valence-electron chi connectivity index (χ0n) is 15.5. The Labute approximate surface area is 155 Å². The monoisotopic (exact) mass is 356 g/mol. The van der Waals surface area contributed by atoms with Crippen molar-refractivity contribution in [2.75, 3.05) is 39.3 Å². The number of carbonyl (C=O) groups is 1. The molecule has 1 fully saturated rings. The lowest BCUT2D eigenvalue weighted by Crippen LogP contribution is -2.49. The van der Waals surface area contributed by atoms with Gasteiger partial charge >= 0.3 is 0 Å². The van der Waals surface area contributed by atoms with Gasteiger partial charge in [0.15, 0.2) is 0 Å². The van der Waals surface area contributed by atoms with E-state index >= 15 is 0 Å². The molecule has 0 unspecified atom stereocenters. The maximum absolute atomic E-state index is 12.7. The number of hydrogen-bond acceptors (Lipinski definition) is 4. The number of unbranched alkanes of at least 4 members (excludes halogenated alkanes) is 1. The molecule has 0 radical (unpaired) electrons. The first-order valence-corrected chi connectivity index (χ1v) is 9.46. The van der Waals surface area contributed by atoms with Crippen molar-refractivity contribution in [3.8, 4) is 5.75 Å². The van der Waals surface area contributed by atoms with Crippen LogP contribution in [-0.2, 0) is 6.54 Å². The van der Waals surface area contributed by atoms with Crippen molar-refractivity contribution in [3.63, 3.8) is 0 Å². The van der Waals surface area contributed by atoms with Crippen LogP contribution in [0.5, 0.6) is 5.75 Å². The van der Waals surface area contributed by atoms with E-state index in [4.69, 9.17) is 4.74 Å². The van der Waals surface area contributed by atoms with E-state index < -0.39 is 0 Å². The predicted octanol–water partition coefficient (Wildman–Crippen LogP) is 2.52. The first-order valence-electron chi connectivity index (χ1n) is 9.46. The molecule has 6 heteroatoms. The van der Waals surface area contributed by atoms with E-state index in [2.05, 4.69) is 21.4 Å². The van der Waals surface area contributed by atoms with Crippen molar-refractivity contribution < 1.29 is 9.53 Å². The zero-order chi connectivity index (χ0) is 18.2. The number of ether oxygens (including phenoxy) is 1. The van der Waals surface area contributed by atoms with E-state index in [0.717, 1.165) is 70.0 Å². The topological polar surface area (TPSA) is 50.6 Å². The van der Waals surface area contributed by atoms with Crippen LogP contribution in [0.4, 0.5) is 0 Å². The Hall–Kier alpha value is -2.34. The molecule has 0 saturated carbocycles. The van der Waals surface area contributed by atoms with Crippen LogP contribution in [0.3, 0.4) is 0 Å². The van der Waals surface area contributed by atoms with E-state index in [0.29, 0.717) is 0 Å². The molecule has 2 heterocycles. The maximum Gasteiger partial charge on any atom is 0.253 e. The molecule has 1 aromatic carbocycles. The normalized spacial score (nSPS) is 15.2. The van der Waals surface area contributed by atoms with E-state index in [1.54, 1.807) is 6.20 Å². The molecule has 3 rings (SSSR count). The lowest BCUT2D eigenvalue weighted by atomic mass is 10.1. The van der Waals surface area contributed by atoms with Crippen molar-refractivity contribution in [3.05, 3.63) is 48.5 Å². The molecule has 0 bridgehead atoms. The largest absolute Gasteiger partial charge is 0.494 e. The Balaban J connectivity index is 1.44. The van der Waals surface area contributed by atoms with Crippen LogP contribution in [0.15, 0.2) is 43.0 Å². The highest BCUT2D eigenvalue weighted by Gasteiger charge is 2.21. The van der Waals surface area contributed by atoms with Crippen molar-refractivity contribution in [2.45, 2.75) is 26.3 Å². The lowest BCUT2D eigenvalue weighted by molar-refractivity contribution is 0.0633. The molecule has 1 saturated heterocycles. The highest BCUT2D eigenvalue weighted by molar-refractivity contribution is 5.94. The minimum Gasteiger partial charge on any atom is -0.494 e. The smallest absolute Gasteiger partial charge is 0.253 e. The number of amides is 1. The Bertz CT molecular complexity index is 662. The van der Waals surface area contributed by atoms with Gasteiger partial charge in [0.05, 0.1) is 12.9 Å². The molecule has 0 atom stereocenters. The number of hydrogen-bond donors (Lipinski definition) is 0. The van der Waals surface area contributed by atoms with Crippen LogP contribution in [0.1, 0.15) is 30.1 Å². The fourth-order valence-corrected chi connectivity index (χ4v) is 3.06. The molecule has 0 aliphatic carbocycles. The van der Waals surface area contributed by atoms with Crippen molar-refractivity contribution in [2.24, 2.45) is 0 Å². The predicted molar refractivity (Wildman–Crippen MR) is 101 cm³/mol. The first-order chi connectivity index (χ1) is 12.8. The molecule has 26 heavy (non-hydrogen) atoms. The molecule has 1 aromatic heterocycles. The van der Waals surface area contributed by atoms with Gasteiger partial charge in [0, 0.05) is 57.2 Å². The Kier molecular flexibility index (Phi) is 6.66. The summed E-state index contributed by atoms with van der Waals surface area (Å²) in [4.78, 5) is 21.1. The number of carbonyl (C=O) groups excluding carboxylic acids is 1. The summed E-state index contributed by atoms with van der Waals surface area (Å²) in [5.74, 6) is 0.943. The minimum absolute atomic E-state index is 0.111. The molecule has 0 N–H and O–H groups in total. The Morgan fingerprint density at radius 2 is 1.88 bits per heavy atom. The van der Waals surface area contributed by atoms with Gasteiger partial charge in [0.25, 0.3) is 5.91 Å². The fraction of sp³-hybridized carbons (Fsp3) is 0.500. The highest BCUT2D eigenvalue weighted by Crippen LogP contribution is 2.15. The van der Waals surface area contributed by atoms with Crippen LogP contribution >= 0.6 is 0 Å². The number of imidazole rings is 1. The quantitative estimate of drug-likeness (QED) is 0.682. The van der Waals surface area contributed by atoms with Gasteiger partial charge in [-0.15, -0.1) is 0 Å². The van der Waals surface area contributed by atoms with E-state index in [9.17, 15) is 4.79 Å². The summed E-state index contributed by atoms with van der Waals surface area (Å²) < 4.78 is 7.75. The number of nitrogens with zero attached hydrogens (tertiary/aromatic N) is 4. The van der Waals surface area contributed by atoms with E-state index in [1.165, 1.54) is 0 Å². The van der Waals surface area contributed by atoms with Gasteiger partial charge in [-0.3, -0.25) is 9.69 Å². The summed E-state index contributed by atoms with van der Waals surface area (Å²) in [6.45, 7) is 8.18. The summed E-state index contributed by atoms with van der Waals surface area (Å²) in [6, 6.07) is 7.53. The van der Waals surface area contributed by atoms with Gasteiger partial charge in [-0.1, -0.05) is 13.3 Å². The molecular formula is C20H28N4O2. The highest BCUT2D eigenvalue weighted by atomic mass is 16.5. The van der Waals surface area contributed by atoms with Gasteiger partial charge in [0.1, 0.15) is 5.75 Å². The fourth-order valence-electron chi connectivity index (χ4n) is 3.06. The van der Waals surface area contributed by atoms with Gasteiger partial charge in [0.2, 0.25) is 0 Å². The molecule has 1 aliphatic rings. The SMILES string of the molecule is CCCCOc1ccc(C(=O)N2CCN(CCn3ccnc3)CC2)cc1. The molecule has 2 aromatic rings. The van der Waals surface area contributed by atoms with Crippen LogP contribution in [-0.4, -0.2) is 64.6 Å². The summed E-state index contributed by atoms with van der Waals surface area (Å²) in [5.41, 5.74) is 0.736. The third-order valence-corrected chi connectivity index (χ3v) is 4.76. The summed E-state index contributed by atoms with van der Waals surface area (Å²) in [6.07, 6.45) is 7.79.